The second-order valence-electron chi connectivity index (χ2n) is 29.0. The van der Waals surface area contributed by atoms with Crippen molar-refractivity contribution in [1.82, 2.24) is 39.6 Å². The largest absolute Gasteiger partial charge is 0.489 e. The van der Waals surface area contributed by atoms with E-state index in [2.05, 4.69) is 105 Å². The van der Waals surface area contributed by atoms with Gasteiger partial charge in [-0.05, 0) is 192 Å². The number of alkyl halides is 6. The molecule has 2 aliphatic heterocycles. The van der Waals surface area contributed by atoms with Crippen LogP contribution in [0.1, 0.15) is 254 Å². The number of nitrogens with one attached hydrogen (secondary N) is 1. The number of benzene rings is 3. The van der Waals surface area contributed by atoms with E-state index in [1.165, 1.54) is 27.9 Å². The van der Waals surface area contributed by atoms with Crippen molar-refractivity contribution in [1.29, 1.82) is 0 Å². The average Bonchev–Trinajstić information content (AvgIpc) is 1.57. The lowest BCUT2D eigenvalue weighted by atomic mass is 9.95. The third-order valence-electron chi connectivity index (χ3n) is 18.4. The molecule has 4 fully saturated rings. The molecule has 5 unspecified atom stereocenters. The second kappa shape index (κ2) is 31.1. The van der Waals surface area contributed by atoms with Gasteiger partial charge in [0, 0.05) is 89.5 Å². The van der Waals surface area contributed by atoms with Crippen LogP contribution in [0.2, 0.25) is 0 Å². The number of rotatable bonds is 13. The van der Waals surface area contributed by atoms with E-state index in [-0.39, 0.29) is 41.7 Å². The van der Waals surface area contributed by atoms with Gasteiger partial charge < -0.3 is 24.4 Å². The van der Waals surface area contributed by atoms with Gasteiger partial charge in [-0.1, -0.05) is 108 Å². The number of para-hydroxylation sites is 2. The number of amides is 1. The summed E-state index contributed by atoms with van der Waals surface area (Å²) in [6.07, 6.45) is 6.57. The van der Waals surface area contributed by atoms with Crippen LogP contribution < -0.4 is 14.8 Å². The molecule has 506 valence electrons. The number of carbonyl (C=O) groups excluding carboxylic acids is 1. The van der Waals surface area contributed by atoms with Crippen LogP contribution in [-0.4, -0.2) is 83.3 Å². The SMILES string of the molecule is CC(C)[C@@H]1C[C@H](Oc2ccccc2)CN1.CC(C)[C@@H]1C[C@H](Oc2ccccc2)CN1C(=O)OC(C)(C)C.CC(C)c1ccccc1.CC(C)n1nc(C(F)(F)Cl)c2c1CCCC2.CC(C)n1nc2c(c1C(F)F)CC1CC21.CC(F)c1nn(C(C)C)c2c1CC1CC21. The predicted molar refractivity (Wildman–Crippen MR) is 357 cm³/mol. The van der Waals surface area contributed by atoms with E-state index in [0.29, 0.717) is 77.9 Å². The molecule has 6 aromatic rings. The predicted octanol–water partition coefficient (Wildman–Crippen LogP) is 19.2. The highest BCUT2D eigenvalue weighted by Crippen LogP contribution is 2.59. The fourth-order valence-corrected chi connectivity index (χ4v) is 13.6. The first-order valence-electron chi connectivity index (χ1n) is 33.9. The summed E-state index contributed by atoms with van der Waals surface area (Å²) >= 11 is 5.10. The molecule has 0 bridgehead atoms. The van der Waals surface area contributed by atoms with Gasteiger partial charge in [-0.2, -0.15) is 24.1 Å². The molecule has 92 heavy (non-hydrogen) atoms. The van der Waals surface area contributed by atoms with Crippen molar-refractivity contribution in [3.8, 4) is 11.5 Å². The number of hydrogen-bond acceptors (Lipinski definition) is 8. The van der Waals surface area contributed by atoms with Crippen molar-refractivity contribution in [2.45, 2.75) is 259 Å². The maximum atomic E-state index is 13.4. The summed E-state index contributed by atoms with van der Waals surface area (Å²) in [7, 11) is 0. The lowest BCUT2D eigenvalue weighted by Crippen LogP contribution is -2.42. The Bertz CT molecular complexity index is 3270. The fraction of sp³-hybridized carbons (Fsp3) is 0.622. The van der Waals surface area contributed by atoms with Gasteiger partial charge in [0.2, 0.25) is 0 Å². The molecule has 12 nitrogen and oxygen atoms in total. The van der Waals surface area contributed by atoms with E-state index in [0.717, 1.165) is 92.3 Å². The number of fused-ring (bicyclic) bond motifs is 7. The fourth-order valence-electron chi connectivity index (χ4n) is 13.5. The zero-order chi connectivity index (χ0) is 67.1. The maximum absolute atomic E-state index is 13.4. The molecule has 2 saturated carbocycles. The number of aromatic nitrogens is 6. The first-order chi connectivity index (χ1) is 43.4. The number of hydrogen-bond donors (Lipinski definition) is 1. The van der Waals surface area contributed by atoms with E-state index in [4.69, 9.17) is 25.8 Å². The smallest absolute Gasteiger partial charge is 0.410 e. The molecule has 5 heterocycles. The van der Waals surface area contributed by atoms with Crippen molar-refractivity contribution in [2.75, 3.05) is 13.1 Å². The molecular formula is C74H104ClF5N8O4. The van der Waals surface area contributed by atoms with Crippen molar-refractivity contribution in [2.24, 2.45) is 23.7 Å². The molecule has 0 spiro atoms. The summed E-state index contributed by atoms with van der Waals surface area (Å²) in [5, 5.41) is 13.0. The molecule has 2 saturated heterocycles. The van der Waals surface area contributed by atoms with Crippen LogP contribution in [0.15, 0.2) is 91.0 Å². The maximum Gasteiger partial charge on any atom is 0.410 e. The Labute approximate surface area is 550 Å². The Hall–Kier alpha value is -5.94. The number of ether oxygens (including phenoxy) is 3. The number of likely N-dealkylation sites (tertiary alicyclic amines) is 1. The topological polar surface area (TPSA) is 113 Å². The number of carbonyl (C=O) groups is 1. The summed E-state index contributed by atoms with van der Waals surface area (Å²) in [6, 6.07) is 31.6. The van der Waals surface area contributed by atoms with Crippen molar-refractivity contribution in [3.63, 3.8) is 0 Å². The lowest BCUT2D eigenvalue weighted by Gasteiger charge is -2.30. The number of halogens is 6. The normalized spacial score (nSPS) is 22.6. The van der Waals surface area contributed by atoms with Gasteiger partial charge >= 0.3 is 11.5 Å². The Morgan fingerprint density at radius 3 is 1.66 bits per heavy atom. The first kappa shape index (κ1) is 71.9. The average molecular weight is 1300 g/mol. The van der Waals surface area contributed by atoms with Gasteiger partial charge in [-0.25, -0.2) is 18.0 Å². The standard InChI is InChI=1S/C18H27NO3.C13H19NO.C12H17FN2.C11H15ClF2N2.C11H14F2N2.C9H12/c1-13(2)16-11-15(21-14-9-7-6-8-10-14)12-19(16)17(20)22-18(3,4)5;1-10(2)13-8-12(9-14-13)15-11-6-4-3-5-7-11;1-6(2)15-12-9-4-8(9)5-10(12)11(14-15)7(3)13;1-7(2)16-9-6-4-3-5-8(9)10(15-16)11(12,13)14;1-5(2)15-10(11(12)13)8-4-6-3-7(6)9(8)14-15;1-8(2)9-6-4-3-5-7-9/h6-10,13,15-16H,11-12H2,1-5H3;3-7,10,12-14H,8-9H2,1-2H3;6-9H,4-5H2,1-3H3;7H,3-6H2,1-2H3;5-7,11H,3-4H2,1-2H3;3-8H,1-2H3/t15-,16-;12-,13-;;;;/m00..../s1. The Kier molecular flexibility index (Phi) is 24.3. The Morgan fingerprint density at radius 2 is 1.16 bits per heavy atom. The molecule has 5 aliphatic carbocycles. The highest BCUT2D eigenvalue weighted by atomic mass is 35.5. The molecule has 18 heteroatoms. The van der Waals surface area contributed by atoms with E-state index >= 15 is 0 Å². The minimum absolute atomic E-state index is 0.0160. The van der Waals surface area contributed by atoms with Crippen LogP contribution in [0, 0.1) is 23.7 Å². The Balaban J connectivity index is 0.000000144. The van der Waals surface area contributed by atoms with Crippen molar-refractivity contribution >= 4 is 17.7 Å². The van der Waals surface area contributed by atoms with Gasteiger partial charge in [-0.3, -0.25) is 14.0 Å². The zero-order valence-corrected chi connectivity index (χ0v) is 58.2. The van der Waals surface area contributed by atoms with Gasteiger partial charge in [0.1, 0.15) is 41.2 Å². The molecule has 3 aromatic heterocycles. The van der Waals surface area contributed by atoms with E-state index in [1.807, 2.05) is 120 Å². The Morgan fingerprint density at radius 1 is 0.620 bits per heavy atom. The van der Waals surface area contributed by atoms with Crippen LogP contribution in [0.25, 0.3) is 0 Å². The number of nitrogens with zero attached hydrogens (tertiary/aromatic N) is 7. The molecule has 3 aromatic carbocycles. The summed E-state index contributed by atoms with van der Waals surface area (Å²) in [5.41, 5.74) is 7.56. The monoisotopic (exact) mass is 1300 g/mol. The molecule has 1 N–H and O–H groups in total. The minimum Gasteiger partial charge on any atom is -0.489 e. The van der Waals surface area contributed by atoms with Gasteiger partial charge in [-0.15, -0.1) is 0 Å². The summed E-state index contributed by atoms with van der Waals surface area (Å²) in [4.78, 5) is 14.2. The zero-order valence-electron chi connectivity index (χ0n) is 57.4. The van der Waals surface area contributed by atoms with Crippen LogP contribution in [-0.2, 0) is 35.8 Å². The van der Waals surface area contributed by atoms with E-state index < -0.39 is 23.6 Å². The molecular weight excluding hydrogens is 1200 g/mol. The quantitative estimate of drug-likeness (QED) is 0.0899. The van der Waals surface area contributed by atoms with Gasteiger partial charge in [0.25, 0.3) is 6.43 Å². The highest BCUT2D eigenvalue weighted by molar-refractivity contribution is 6.21. The van der Waals surface area contributed by atoms with Crippen molar-refractivity contribution < 1.29 is 41.0 Å². The lowest BCUT2D eigenvalue weighted by molar-refractivity contribution is 0.0178. The summed E-state index contributed by atoms with van der Waals surface area (Å²) in [6.45, 7) is 33.9. The van der Waals surface area contributed by atoms with E-state index in [1.54, 1.807) is 11.6 Å². The third-order valence-corrected chi connectivity index (χ3v) is 18.5. The van der Waals surface area contributed by atoms with Crippen LogP contribution in [0.5, 0.6) is 11.5 Å². The van der Waals surface area contributed by atoms with Crippen LogP contribution >= 0.6 is 11.6 Å². The molecule has 0 radical (unpaired) electrons. The van der Waals surface area contributed by atoms with Crippen LogP contribution in [0.4, 0.5) is 26.7 Å². The molecule has 7 aliphatic rings. The highest BCUT2D eigenvalue weighted by Gasteiger charge is 2.51. The molecule has 1 amide bonds. The second-order valence-corrected chi connectivity index (χ2v) is 29.4. The minimum atomic E-state index is -3.35. The van der Waals surface area contributed by atoms with E-state index in [9.17, 15) is 26.7 Å². The van der Waals surface area contributed by atoms with Gasteiger partial charge in [0.05, 0.1) is 17.9 Å². The molecule has 9 atom stereocenters. The first-order valence-corrected chi connectivity index (χ1v) is 34.3. The molecule has 13 rings (SSSR count). The van der Waals surface area contributed by atoms with Crippen molar-refractivity contribution in [3.05, 3.63) is 147 Å². The van der Waals surface area contributed by atoms with Crippen LogP contribution in [0.3, 0.4) is 0 Å². The summed E-state index contributed by atoms with van der Waals surface area (Å²) < 4.78 is 88.5. The summed E-state index contributed by atoms with van der Waals surface area (Å²) in [5.74, 6) is 6.18. The third kappa shape index (κ3) is 18.5. The van der Waals surface area contributed by atoms with Gasteiger partial charge in [0.15, 0.2) is 5.69 Å².